The Labute approximate surface area is 154 Å². The molecular weight excluding hydrogens is 326 g/mol. The predicted molar refractivity (Wildman–Crippen MR) is 102 cm³/mol. The average Bonchev–Trinajstić information content (AvgIpc) is 3.05. The number of nitrogens with one attached hydrogen (secondary N) is 3. The lowest BCUT2D eigenvalue weighted by molar-refractivity contribution is 0.242. The number of amides is 2. The van der Waals surface area contributed by atoms with Crippen LogP contribution >= 0.6 is 0 Å². The lowest BCUT2D eigenvalue weighted by Gasteiger charge is -2.27. The number of rotatable bonds is 4. The highest BCUT2D eigenvalue weighted by atomic mass is 16.2. The average molecular weight is 353 g/mol. The van der Waals surface area contributed by atoms with E-state index in [0.29, 0.717) is 11.9 Å². The van der Waals surface area contributed by atoms with Gasteiger partial charge < -0.3 is 5.32 Å². The molecule has 26 heavy (non-hydrogen) atoms. The van der Waals surface area contributed by atoms with E-state index in [2.05, 4.69) is 50.0 Å². The van der Waals surface area contributed by atoms with Crippen molar-refractivity contribution in [2.45, 2.75) is 57.7 Å². The number of aromatic amines is 1. The number of benzene rings is 1. The summed E-state index contributed by atoms with van der Waals surface area (Å²) in [6, 6.07) is 10.7. The molecule has 1 fully saturated rings. The summed E-state index contributed by atoms with van der Waals surface area (Å²) >= 11 is 0. The number of H-pyrrole nitrogens is 1. The standard InChI is InChI=1S/C20H27N5O/c26-20(21-16-9-5-2-6-10-16)22-19-17-11-12-25(14-18(17)23-24-19)13-15-7-3-1-4-8-15/h1,3-4,7-8,16H,2,5-6,9-14H2,(H3,21,22,23,24,26). The van der Waals surface area contributed by atoms with Gasteiger partial charge in [-0.3, -0.25) is 15.3 Å². The Morgan fingerprint density at radius 2 is 2.00 bits per heavy atom. The molecule has 1 aliphatic carbocycles. The zero-order valence-electron chi connectivity index (χ0n) is 15.1. The largest absolute Gasteiger partial charge is 0.335 e. The Morgan fingerprint density at radius 1 is 1.19 bits per heavy atom. The molecule has 1 aromatic heterocycles. The van der Waals surface area contributed by atoms with Gasteiger partial charge in [-0.25, -0.2) is 4.79 Å². The van der Waals surface area contributed by atoms with E-state index in [0.717, 1.165) is 50.2 Å². The van der Waals surface area contributed by atoms with Crippen LogP contribution in [0.3, 0.4) is 0 Å². The number of aromatic nitrogens is 2. The molecule has 2 aliphatic rings. The Morgan fingerprint density at radius 3 is 2.81 bits per heavy atom. The molecule has 6 nitrogen and oxygen atoms in total. The van der Waals surface area contributed by atoms with Crippen LogP contribution in [-0.4, -0.2) is 33.7 Å². The topological polar surface area (TPSA) is 73.0 Å². The van der Waals surface area contributed by atoms with E-state index in [9.17, 15) is 4.79 Å². The molecule has 0 bridgehead atoms. The maximum absolute atomic E-state index is 12.3. The highest BCUT2D eigenvalue weighted by molar-refractivity contribution is 5.89. The van der Waals surface area contributed by atoms with Gasteiger partial charge in [0.2, 0.25) is 0 Å². The molecule has 1 aromatic carbocycles. The minimum absolute atomic E-state index is 0.127. The van der Waals surface area contributed by atoms with Gasteiger partial charge in [0.25, 0.3) is 0 Å². The molecule has 0 atom stereocenters. The quantitative estimate of drug-likeness (QED) is 0.788. The first-order chi connectivity index (χ1) is 12.8. The fourth-order valence-electron chi connectivity index (χ4n) is 4.03. The lowest BCUT2D eigenvalue weighted by atomic mass is 9.96. The van der Waals surface area contributed by atoms with Crippen molar-refractivity contribution in [2.24, 2.45) is 0 Å². The molecule has 4 rings (SSSR count). The predicted octanol–water partition coefficient (Wildman–Crippen LogP) is 3.42. The number of carbonyl (C=O) groups excluding carboxylic acids is 1. The van der Waals surface area contributed by atoms with Crippen LogP contribution in [0.4, 0.5) is 10.6 Å². The molecule has 138 valence electrons. The fourth-order valence-corrected chi connectivity index (χ4v) is 4.03. The summed E-state index contributed by atoms with van der Waals surface area (Å²) in [6.45, 7) is 2.74. The summed E-state index contributed by atoms with van der Waals surface area (Å²) in [6.07, 6.45) is 6.77. The van der Waals surface area contributed by atoms with Gasteiger partial charge in [-0.2, -0.15) is 5.10 Å². The zero-order valence-corrected chi connectivity index (χ0v) is 15.1. The molecule has 3 N–H and O–H groups in total. The van der Waals surface area contributed by atoms with E-state index < -0.39 is 0 Å². The van der Waals surface area contributed by atoms with Gasteiger partial charge in [0.1, 0.15) is 0 Å². The van der Waals surface area contributed by atoms with E-state index >= 15 is 0 Å². The molecule has 0 unspecified atom stereocenters. The van der Waals surface area contributed by atoms with E-state index in [1.165, 1.54) is 24.8 Å². The number of nitrogens with zero attached hydrogens (tertiary/aromatic N) is 2. The highest BCUT2D eigenvalue weighted by Gasteiger charge is 2.23. The Balaban J connectivity index is 1.34. The monoisotopic (exact) mass is 353 g/mol. The SMILES string of the molecule is O=C(Nc1n[nH]c2c1CCN(Cc1ccccc1)C2)NC1CCCCC1. The molecule has 2 heterocycles. The number of anilines is 1. The van der Waals surface area contributed by atoms with Crippen molar-refractivity contribution in [3.8, 4) is 0 Å². The molecule has 6 heteroatoms. The van der Waals surface area contributed by atoms with Crippen LogP contribution in [0.1, 0.15) is 48.9 Å². The van der Waals surface area contributed by atoms with Gasteiger partial charge in [-0.05, 0) is 24.8 Å². The van der Waals surface area contributed by atoms with Crippen LogP contribution in [0.5, 0.6) is 0 Å². The Hall–Kier alpha value is -2.34. The molecule has 0 saturated heterocycles. The highest BCUT2D eigenvalue weighted by Crippen LogP contribution is 2.25. The van der Waals surface area contributed by atoms with Gasteiger partial charge in [0.15, 0.2) is 5.82 Å². The number of urea groups is 1. The van der Waals surface area contributed by atoms with Crippen LogP contribution in [0.15, 0.2) is 30.3 Å². The van der Waals surface area contributed by atoms with Crippen LogP contribution in [0, 0.1) is 0 Å². The van der Waals surface area contributed by atoms with E-state index in [-0.39, 0.29) is 6.03 Å². The second-order valence-corrected chi connectivity index (χ2v) is 7.41. The molecule has 0 spiro atoms. The molecule has 1 aliphatic heterocycles. The van der Waals surface area contributed by atoms with Crippen LogP contribution < -0.4 is 10.6 Å². The van der Waals surface area contributed by atoms with Crippen LogP contribution in [-0.2, 0) is 19.5 Å². The third-order valence-electron chi connectivity index (χ3n) is 5.43. The minimum Gasteiger partial charge on any atom is -0.335 e. The minimum atomic E-state index is -0.127. The Bertz CT molecular complexity index is 736. The summed E-state index contributed by atoms with van der Waals surface area (Å²) < 4.78 is 0. The van der Waals surface area contributed by atoms with Crippen molar-refractivity contribution in [2.75, 3.05) is 11.9 Å². The molecule has 1 saturated carbocycles. The normalized spacial score (nSPS) is 18.3. The van der Waals surface area contributed by atoms with E-state index in [1.807, 2.05) is 6.07 Å². The summed E-state index contributed by atoms with van der Waals surface area (Å²) in [5.41, 5.74) is 3.58. The second-order valence-electron chi connectivity index (χ2n) is 7.41. The first-order valence-electron chi connectivity index (χ1n) is 9.68. The Kier molecular flexibility index (Phi) is 5.20. The van der Waals surface area contributed by atoms with E-state index in [4.69, 9.17) is 0 Å². The zero-order chi connectivity index (χ0) is 17.8. The second kappa shape index (κ2) is 7.91. The number of carbonyl (C=O) groups is 1. The van der Waals surface area contributed by atoms with Gasteiger partial charge in [-0.15, -0.1) is 0 Å². The molecule has 2 aromatic rings. The third-order valence-corrected chi connectivity index (χ3v) is 5.43. The van der Waals surface area contributed by atoms with Crippen molar-refractivity contribution in [1.82, 2.24) is 20.4 Å². The molecule has 0 radical (unpaired) electrons. The van der Waals surface area contributed by atoms with Crippen LogP contribution in [0.2, 0.25) is 0 Å². The maximum Gasteiger partial charge on any atom is 0.320 e. The third kappa shape index (κ3) is 4.07. The number of hydrogen-bond acceptors (Lipinski definition) is 3. The van der Waals surface area contributed by atoms with Crippen molar-refractivity contribution in [3.63, 3.8) is 0 Å². The van der Waals surface area contributed by atoms with Crippen molar-refractivity contribution < 1.29 is 4.79 Å². The van der Waals surface area contributed by atoms with Crippen LogP contribution in [0.25, 0.3) is 0 Å². The maximum atomic E-state index is 12.3. The number of fused-ring (bicyclic) bond motifs is 1. The van der Waals surface area contributed by atoms with Gasteiger partial charge >= 0.3 is 6.03 Å². The van der Waals surface area contributed by atoms with Gasteiger partial charge in [0, 0.05) is 31.2 Å². The fraction of sp³-hybridized carbons (Fsp3) is 0.500. The summed E-state index contributed by atoms with van der Waals surface area (Å²) in [5.74, 6) is 0.688. The van der Waals surface area contributed by atoms with Crippen molar-refractivity contribution >= 4 is 11.8 Å². The lowest BCUT2D eigenvalue weighted by Crippen LogP contribution is -2.39. The summed E-state index contributed by atoms with van der Waals surface area (Å²) in [5, 5.41) is 13.5. The summed E-state index contributed by atoms with van der Waals surface area (Å²) in [7, 11) is 0. The molecule has 2 amide bonds. The summed E-state index contributed by atoms with van der Waals surface area (Å²) in [4.78, 5) is 14.7. The van der Waals surface area contributed by atoms with E-state index in [1.54, 1.807) is 0 Å². The number of hydrogen-bond donors (Lipinski definition) is 3. The van der Waals surface area contributed by atoms with Gasteiger partial charge in [-0.1, -0.05) is 49.6 Å². The smallest absolute Gasteiger partial charge is 0.320 e. The first-order valence-corrected chi connectivity index (χ1v) is 9.68. The first kappa shape index (κ1) is 17.1. The van der Waals surface area contributed by atoms with Gasteiger partial charge in [0.05, 0.1) is 5.69 Å². The molecular formula is C20H27N5O. The van der Waals surface area contributed by atoms with Crippen molar-refractivity contribution in [3.05, 3.63) is 47.2 Å². The van der Waals surface area contributed by atoms with Crippen molar-refractivity contribution in [1.29, 1.82) is 0 Å².